The van der Waals surface area contributed by atoms with E-state index in [0.717, 1.165) is 22.7 Å². The molecule has 160 valence electrons. The van der Waals surface area contributed by atoms with Crippen molar-refractivity contribution in [2.45, 2.75) is 12.7 Å². The summed E-state index contributed by atoms with van der Waals surface area (Å²) in [7, 11) is 0. The summed E-state index contributed by atoms with van der Waals surface area (Å²) < 4.78 is 41.0. The van der Waals surface area contributed by atoms with E-state index in [1.165, 1.54) is 17.4 Å². The predicted molar refractivity (Wildman–Crippen MR) is 119 cm³/mol. The van der Waals surface area contributed by atoms with E-state index in [1.54, 1.807) is 12.4 Å². The summed E-state index contributed by atoms with van der Waals surface area (Å²) in [4.78, 5) is 14.7. The van der Waals surface area contributed by atoms with E-state index in [-0.39, 0.29) is 6.54 Å². The Morgan fingerprint density at radius 3 is 2.53 bits per heavy atom. The van der Waals surface area contributed by atoms with Gasteiger partial charge in [0, 0.05) is 12.2 Å². The molecular formula is C23H16F3N5S. The molecule has 5 rings (SSSR count). The highest BCUT2D eigenvalue weighted by Crippen LogP contribution is 2.31. The second kappa shape index (κ2) is 8.08. The van der Waals surface area contributed by atoms with E-state index in [0.29, 0.717) is 28.4 Å². The minimum atomic E-state index is -4.39. The van der Waals surface area contributed by atoms with Gasteiger partial charge in [0.2, 0.25) is 0 Å². The molecule has 32 heavy (non-hydrogen) atoms. The van der Waals surface area contributed by atoms with E-state index in [4.69, 9.17) is 4.98 Å². The first-order chi connectivity index (χ1) is 15.5. The molecule has 0 aliphatic rings. The summed E-state index contributed by atoms with van der Waals surface area (Å²) in [5.41, 5.74) is 1.86. The highest BCUT2D eigenvalue weighted by atomic mass is 32.1. The number of nitrogens with zero attached hydrogens (tertiary/aromatic N) is 4. The van der Waals surface area contributed by atoms with Gasteiger partial charge in [-0.3, -0.25) is 4.57 Å². The number of rotatable bonds is 5. The zero-order valence-electron chi connectivity index (χ0n) is 16.5. The molecule has 2 aromatic carbocycles. The average Bonchev–Trinajstić information content (AvgIpc) is 3.48. The van der Waals surface area contributed by atoms with Gasteiger partial charge in [0.05, 0.1) is 10.4 Å². The summed E-state index contributed by atoms with van der Waals surface area (Å²) in [5, 5.41) is 5.10. The molecule has 0 bridgehead atoms. The fourth-order valence-electron chi connectivity index (χ4n) is 3.36. The van der Waals surface area contributed by atoms with Crippen molar-refractivity contribution in [3.8, 4) is 16.4 Å². The van der Waals surface area contributed by atoms with Crippen LogP contribution in [0.4, 0.5) is 19.0 Å². The van der Waals surface area contributed by atoms with E-state index in [2.05, 4.69) is 15.3 Å². The molecule has 0 saturated heterocycles. The monoisotopic (exact) mass is 451 g/mol. The summed E-state index contributed by atoms with van der Waals surface area (Å²) in [6.45, 7) is 0.165. The molecule has 0 fully saturated rings. The number of aromatic nitrogens is 4. The van der Waals surface area contributed by atoms with Crippen molar-refractivity contribution in [3.05, 3.63) is 89.6 Å². The van der Waals surface area contributed by atoms with Gasteiger partial charge in [0.15, 0.2) is 22.8 Å². The minimum absolute atomic E-state index is 0.165. The van der Waals surface area contributed by atoms with Crippen molar-refractivity contribution in [3.63, 3.8) is 0 Å². The Morgan fingerprint density at radius 1 is 0.938 bits per heavy atom. The van der Waals surface area contributed by atoms with E-state index in [1.807, 2.05) is 52.4 Å². The average molecular weight is 451 g/mol. The molecule has 5 aromatic rings. The quantitative estimate of drug-likeness (QED) is 0.347. The van der Waals surface area contributed by atoms with E-state index in [9.17, 15) is 13.2 Å². The molecule has 0 atom stereocenters. The largest absolute Gasteiger partial charge is 0.416 e. The Labute approximate surface area is 185 Å². The number of fused-ring (bicyclic) bond motifs is 1. The standard InChI is InChI=1S/C23H16F3N5S/c24-23(25,26)16-7-4-6-15(12-16)13-27-21-19-22(30-20(29-21)18-10-5-11-32-18)31(14-28-19)17-8-2-1-3-9-17/h1-12,14H,13H2,(H,27,29,30). The molecule has 0 amide bonds. The number of anilines is 1. The van der Waals surface area contributed by atoms with Gasteiger partial charge in [-0.2, -0.15) is 13.2 Å². The summed E-state index contributed by atoms with van der Waals surface area (Å²) in [6, 6.07) is 18.7. The number of imidazole rings is 1. The number of nitrogens with one attached hydrogen (secondary N) is 1. The van der Waals surface area contributed by atoms with Crippen LogP contribution >= 0.6 is 11.3 Å². The summed E-state index contributed by atoms with van der Waals surface area (Å²) >= 11 is 1.51. The van der Waals surface area contributed by atoms with Crippen molar-refractivity contribution >= 4 is 28.3 Å². The first kappa shape index (κ1) is 20.2. The Bertz CT molecular complexity index is 1360. The van der Waals surface area contributed by atoms with Crippen LogP contribution < -0.4 is 5.32 Å². The topological polar surface area (TPSA) is 55.6 Å². The van der Waals surface area contributed by atoms with Crippen LogP contribution in [0.5, 0.6) is 0 Å². The van der Waals surface area contributed by atoms with Gasteiger partial charge in [-0.15, -0.1) is 11.3 Å². The SMILES string of the molecule is FC(F)(F)c1cccc(CNc2nc(-c3cccs3)nc3c2ncn3-c2ccccc2)c1. The molecule has 1 N–H and O–H groups in total. The van der Waals surface area contributed by atoms with Crippen LogP contribution in [0.2, 0.25) is 0 Å². The predicted octanol–water partition coefficient (Wildman–Crippen LogP) is 6.17. The molecule has 9 heteroatoms. The van der Waals surface area contributed by atoms with Crippen molar-refractivity contribution < 1.29 is 13.2 Å². The van der Waals surface area contributed by atoms with Gasteiger partial charge in [0.25, 0.3) is 0 Å². The van der Waals surface area contributed by atoms with Crippen molar-refractivity contribution in [1.82, 2.24) is 19.5 Å². The Morgan fingerprint density at radius 2 is 1.78 bits per heavy atom. The van der Waals surface area contributed by atoms with Crippen molar-refractivity contribution in [2.24, 2.45) is 0 Å². The third kappa shape index (κ3) is 3.94. The number of benzene rings is 2. The molecule has 3 heterocycles. The third-order valence-electron chi connectivity index (χ3n) is 4.89. The number of hydrogen-bond donors (Lipinski definition) is 1. The van der Waals surface area contributed by atoms with Crippen molar-refractivity contribution in [1.29, 1.82) is 0 Å². The lowest BCUT2D eigenvalue weighted by Crippen LogP contribution is -2.08. The molecule has 0 aliphatic carbocycles. The van der Waals surface area contributed by atoms with Gasteiger partial charge >= 0.3 is 6.18 Å². The fraction of sp³-hybridized carbons (Fsp3) is 0.0870. The van der Waals surface area contributed by atoms with Gasteiger partial charge in [0.1, 0.15) is 6.33 Å². The molecule has 0 saturated carbocycles. The minimum Gasteiger partial charge on any atom is -0.364 e. The molecule has 0 radical (unpaired) electrons. The Balaban J connectivity index is 1.56. The summed E-state index contributed by atoms with van der Waals surface area (Å²) in [6.07, 6.45) is -2.72. The maximum Gasteiger partial charge on any atom is 0.416 e. The second-order valence-electron chi connectivity index (χ2n) is 7.05. The zero-order valence-corrected chi connectivity index (χ0v) is 17.4. The maximum absolute atomic E-state index is 13.1. The second-order valence-corrected chi connectivity index (χ2v) is 7.99. The first-order valence-corrected chi connectivity index (χ1v) is 10.6. The first-order valence-electron chi connectivity index (χ1n) is 9.73. The lowest BCUT2D eigenvalue weighted by Gasteiger charge is -2.11. The highest BCUT2D eigenvalue weighted by molar-refractivity contribution is 7.13. The van der Waals surface area contributed by atoms with Crippen LogP contribution in [0, 0.1) is 0 Å². The van der Waals surface area contributed by atoms with Crippen LogP contribution in [-0.2, 0) is 12.7 Å². The van der Waals surface area contributed by atoms with Gasteiger partial charge in [-0.05, 0) is 41.3 Å². The Hall–Kier alpha value is -3.72. The lowest BCUT2D eigenvalue weighted by atomic mass is 10.1. The van der Waals surface area contributed by atoms with Crippen LogP contribution in [0.3, 0.4) is 0 Å². The number of halogens is 3. The van der Waals surface area contributed by atoms with E-state index >= 15 is 0 Å². The van der Waals surface area contributed by atoms with Crippen molar-refractivity contribution in [2.75, 3.05) is 5.32 Å². The van der Waals surface area contributed by atoms with Gasteiger partial charge in [-0.25, -0.2) is 15.0 Å². The van der Waals surface area contributed by atoms with Gasteiger partial charge < -0.3 is 5.32 Å². The number of hydrogen-bond acceptors (Lipinski definition) is 5. The van der Waals surface area contributed by atoms with Crippen LogP contribution in [0.25, 0.3) is 27.6 Å². The van der Waals surface area contributed by atoms with Crippen LogP contribution in [-0.4, -0.2) is 19.5 Å². The molecule has 0 unspecified atom stereocenters. The summed E-state index contributed by atoms with van der Waals surface area (Å²) in [5.74, 6) is 0.988. The van der Waals surface area contributed by atoms with Crippen LogP contribution in [0.15, 0.2) is 78.4 Å². The maximum atomic E-state index is 13.1. The number of alkyl halides is 3. The molecule has 0 aliphatic heterocycles. The number of para-hydroxylation sites is 1. The van der Waals surface area contributed by atoms with Crippen LogP contribution in [0.1, 0.15) is 11.1 Å². The lowest BCUT2D eigenvalue weighted by molar-refractivity contribution is -0.137. The normalized spacial score (nSPS) is 11.7. The molecule has 3 aromatic heterocycles. The smallest absolute Gasteiger partial charge is 0.364 e. The molecule has 5 nitrogen and oxygen atoms in total. The zero-order chi connectivity index (χ0) is 22.1. The number of thiophene rings is 1. The molecule has 0 spiro atoms. The fourth-order valence-corrected chi connectivity index (χ4v) is 4.02. The Kier molecular flexibility index (Phi) is 5.10. The van der Waals surface area contributed by atoms with Gasteiger partial charge in [-0.1, -0.05) is 36.4 Å². The van der Waals surface area contributed by atoms with E-state index < -0.39 is 11.7 Å². The molecular weight excluding hydrogens is 435 g/mol. The third-order valence-corrected chi connectivity index (χ3v) is 5.75. The highest BCUT2D eigenvalue weighted by Gasteiger charge is 2.30.